The number of phosphoric ester groups is 2. The smallest absolute Gasteiger partial charge is 0.387 e. The molecule has 3 heterocycles. The average molecular weight is 675 g/mol. The van der Waals surface area contributed by atoms with Crippen molar-refractivity contribution in [3.63, 3.8) is 0 Å². The number of unbranched alkanes of at least 4 members (excludes halogenated alkanes) is 13. The van der Waals surface area contributed by atoms with Crippen LogP contribution in [0.4, 0.5) is 5.82 Å². The third-order valence-electron chi connectivity index (χ3n) is 7.36. The van der Waals surface area contributed by atoms with Crippen LogP contribution in [0.5, 0.6) is 0 Å². The van der Waals surface area contributed by atoms with Crippen molar-refractivity contribution in [2.24, 2.45) is 0 Å². The molecular formula is C26H47N5NaO10P2. The van der Waals surface area contributed by atoms with E-state index in [0.717, 1.165) is 25.7 Å². The molecule has 1 radical (unpaired) electrons. The first-order valence-electron chi connectivity index (χ1n) is 15.2. The van der Waals surface area contributed by atoms with Gasteiger partial charge in [-0.3, -0.25) is 13.6 Å². The molecule has 15 nitrogen and oxygen atoms in total. The van der Waals surface area contributed by atoms with Gasteiger partial charge in [0.05, 0.1) is 19.5 Å². The summed E-state index contributed by atoms with van der Waals surface area (Å²) in [4.78, 5) is 31.8. The number of nitrogens with zero attached hydrogens (tertiary/aromatic N) is 4. The van der Waals surface area contributed by atoms with E-state index in [0.29, 0.717) is 6.42 Å². The summed E-state index contributed by atoms with van der Waals surface area (Å²) >= 11 is 0. The first kappa shape index (κ1) is 39.7. The molecule has 44 heavy (non-hydrogen) atoms. The van der Waals surface area contributed by atoms with Crippen LogP contribution < -0.4 is 5.73 Å². The third kappa shape index (κ3) is 12.9. The number of nitrogen functional groups attached to an aromatic ring is 1. The number of ether oxygens (including phenoxy) is 1. The number of aromatic nitrogens is 4. The van der Waals surface area contributed by atoms with Crippen molar-refractivity contribution >= 4 is 62.2 Å². The van der Waals surface area contributed by atoms with E-state index in [1.165, 1.54) is 75.0 Å². The molecule has 0 spiro atoms. The Labute approximate surface area is 280 Å². The Morgan fingerprint density at radius 1 is 0.841 bits per heavy atom. The van der Waals surface area contributed by atoms with E-state index in [2.05, 4.69) is 26.2 Å². The molecule has 1 aliphatic rings. The predicted molar refractivity (Wildman–Crippen MR) is 164 cm³/mol. The molecule has 247 valence electrons. The van der Waals surface area contributed by atoms with E-state index in [9.17, 15) is 29.1 Å². The van der Waals surface area contributed by atoms with Gasteiger partial charge in [0.15, 0.2) is 17.7 Å². The number of aliphatic hydroxyl groups is 2. The number of imidazole rings is 1. The molecule has 18 heteroatoms. The molecular weight excluding hydrogens is 627 g/mol. The minimum atomic E-state index is -5.10. The minimum Gasteiger partial charge on any atom is -0.387 e. The molecule has 2 aromatic rings. The van der Waals surface area contributed by atoms with Crippen molar-refractivity contribution in [2.45, 2.75) is 121 Å². The number of rotatable bonds is 22. The molecule has 6 unspecified atom stereocenters. The summed E-state index contributed by atoms with van der Waals surface area (Å²) in [6.45, 7) is 1.35. The van der Waals surface area contributed by atoms with E-state index >= 15 is 0 Å². The Balaban J connectivity index is 0.00000675. The van der Waals surface area contributed by atoms with Crippen LogP contribution in [0.3, 0.4) is 0 Å². The molecule has 6 atom stereocenters. The third-order valence-corrected chi connectivity index (χ3v) is 9.99. The number of fused-ring (bicyclic) bond motifs is 1. The van der Waals surface area contributed by atoms with Gasteiger partial charge < -0.3 is 30.5 Å². The van der Waals surface area contributed by atoms with E-state index in [1.54, 1.807) is 0 Å². The Hall–Kier alpha value is -0.510. The van der Waals surface area contributed by atoms with Gasteiger partial charge in [-0.1, -0.05) is 90.4 Å². The van der Waals surface area contributed by atoms with Gasteiger partial charge in [0.1, 0.15) is 30.2 Å². The Morgan fingerprint density at radius 3 is 1.98 bits per heavy atom. The monoisotopic (exact) mass is 674 g/mol. The zero-order valence-corrected chi connectivity index (χ0v) is 29.6. The molecule has 1 aliphatic heterocycles. The van der Waals surface area contributed by atoms with Gasteiger partial charge in [-0.2, -0.15) is 4.31 Å². The van der Waals surface area contributed by atoms with Crippen LogP contribution in [0.25, 0.3) is 11.2 Å². The summed E-state index contributed by atoms with van der Waals surface area (Å²) in [7, 11) is -10.00. The predicted octanol–water partition coefficient (Wildman–Crippen LogP) is 4.38. The van der Waals surface area contributed by atoms with E-state index in [-0.39, 0.29) is 53.1 Å². The summed E-state index contributed by atoms with van der Waals surface area (Å²) in [6.07, 6.45) is 13.1. The van der Waals surface area contributed by atoms with Crippen molar-refractivity contribution < 1.29 is 47.2 Å². The normalized spacial score (nSPS) is 22.9. The van der Waals surface area contributed by atoms with Gasteiger partial charge in [0.2, 0.25) is 0 Å². The second kappa shape index (κ2) is 20.0. The van der Waals surface area contributed by atoms with Gasteiger partial charge >= 0.3 is 15.6 Å². The number of anilines is 1. The number of aliphatic hydroxyl groups excluding tert-OH is 2. The van der Waals surface area contributed by atoms with Crippen LogP contribution in [0.2, 0.25) is 0 Å². The van der Waals surface area contributed by atoms with Gasteiger partial charge in [-0.15, -0.1) is 0 Å². The molecule has 0 aromatic carbocycles. The molecule has 2 aromatic heterocycles. The van der Waals surface area contributed by atoms with Crippen molar-refractivity contribution in [2.75, 3.05) is 18.9 Å². The quantitative estimate of drug-likeness (QED) is 0.0665. The van der Waals surface area contributed by atoms with Gasteiger partial charge in [0, 0.05) is 29.6 Å². The summed E-state index contributed by atoms with van der Waals surface area (Å²) in [5.74, 6) is 0.107. The SMILES string of the molecule is CCCCCCCCCCCCCCCCOP(=O)(O)OP(=O)(O)OCC1OC(n2cnc3c(N)ncnc32)C(O)C1O.[Na]. The summed E-state index contributed by atoms with van der Waals surface area (Å²) < 4.78 is 45.4. The summed E-state index contributed by atoms with van der Waals surface area (Å²) in [6, 6.07) is 0. The maximum absolute atomic E-state index is 12.3. The van der Waals surface area contributed by atoms with Gasteiger partial charge in [-0.05, 0) is 6.42 Å². The fourth-order valence-corrected chi connectivity index (χ4v) is 7.09. The molecule has 1 fully saturated rings. The van der Waals surface area contributed by atoms with Crippen LogP contribution in [0.15, 0.2) is 12.7 Å². The largest absolute Gasteiger partial charge is 0.481 e. The van der Waals surface area contributed by atoms with Gasteiger partial charge in [-0.25, -0.2) is 24.1 Å². The number of hydrogen-bond donors (Lipinski definition) is 5. The maximum Gasteiger partial charge on any atom is 0.481 e. The van der Waals surface area contributed by atoms with Gasteiger partial charge in [0.25, 0.3) is 0 Å². The zero-order valence-electron chi connectivity index (χ0n) is 25.8. The van der Waals surface area contributed by atoms with Crippen LogP contribution in [-0.4, -0.2) is 101 Å². The topological polar surface area (TPSA) is 222 Å². The Kier molecular flexibility index (Phi) is 18.0. The number of nitrogens with two attached hydrogens (primary N) is 1. The fraction of sp³-hybridized carbons (Fsp3) is 0.808. The molecule has 1 saturated heterocycles. The minimum absolute atomic E-state index is 0. The molecule has 0 bridgehead atoms. The molecule has 0 saturated carbocycles. The van der Waals surface area contributed by atoms with E-state index < -0.39 is 46.8 Å². The molecule has 0 aliphatic carbocycles. The van der Waals surface area contributed by atoms with Crippen molar-refractivity contribution in [3.05, 3.63) is 12.7 Å². The van der Waals surface area contributed by atoms with Crippen molar-refractivity contribution in [1.29, 1.82) is 0 Å². The zero-order chi connectivity index (χ0) is 31.3. The first-order valence-corrected chi connectivity index (χ1v) is 18.1. The van der Waals surface area contributed by atoms with Crippen LogP contribution in [0, 0.1) is 0 Å². The molecule has 0 amide bonds. The molecule has 3 rings (SSSR count). The summed E-state index contributed by atoms with van der Waals surface area (Å²) in [5, 5.41) is 20.9. The second-order valence-electron chi connectivity index (χ2n) is 10.9. The summed E-state index contributed by atoms with van der Waals surface area (Å²) in [5.41, 5.74) is 6.26. The van der Waals surface area contributed by atoms with Crippen LogP contribution >= 0.6 is 15.6 Å². The van der Waals surface area contributed by atoms with E-state index in [1.807, 2.05) is 0 Å². The molecule has 6 N–H and O–H groups in total. The van der Waals surface area contributed by atoms with Crippen molar-refractivity contribution in [3.8, 4) is 0 Å². The average Bonchev–Trinajstić information content (AvgIpc) is 3.50. The van der Waals surface area contributed by atoms with Crippen LogP contribution in [0.1, 0.15) is 103 Å². The second-order valence-corrected chi connectivity index (χ2v) is 13.9. The van der Waals surface area contributed by atoms with E-state index in [4.69, 9.17) is 19.5 Å². The first-order chi connectivity index (χ1) is 20.5. The standard InChI is InChI=1S/C26H47N5O10P2.Na/c1-2-3-4-5-6-7-8-9-10-11-12-13-14-15-16-38-42(34,35)41-43(36,37)39-17-20-22(32)23(33)26(40-20)31-19-30-21-24(27)28-18-29-25(21)31;/h18-20,22-23,26,32-33H,2-17H2,1H3,(H,34,35)(H,36,37)(H2,27,28,29);. The fourth-order valence-electron chi connectivity index (χ4n) is 4.97. The maximum atomic E-state index is 12.3. The van der Waals surface area contributed by atoms with Crippen LogP contribution in [-0.2, 0) is 27.2 Å². The number of hydrogen-bond acceptors (Lipinski definition) is 12. The Bertz CT molecular complexity index is 1210. The van der Waals surface area contributed by atoms with Crippen molar-refractivity contribution in [1.82, 2.24) is 19.5 Å². The number of phosphoric acid groups is 2. The Morgan fingerprint density at radius 2 is 1.39 bits per heavy atom.